The Balaban J connectivity index is 3.11. The van der Waals surface area contributed by atoms with E-state index in [9.17, 15) is 14.1 Å². The predicted molar refractivity (Wildman–Crippen MR) is 21.3 cm³/mol. The lowest BCUT2D eigenvalue weighted by Gasteiger charge is -1.88. The maximum atomic E-state index is 10.7. The van der Waals surface area contributed by atoms with Crippen molar-refractivity contribution >= 4 is 12.4 Å². The zero-order valence-corrected chi connectivity index (χ0v) is 3.89. The van der Waals surface area contributed by atoms with Crippen LogP contribution in [-0.4, -0.2) is 18.9 Å². The van der Waals surface area contributed by atoms with Crippen molar-refractivity contribution in [3.63, 3.8) is 0 Å². The van der Waals surface area contributed by atoms with E-state index in [4.69, 9.17) is 0 Å². The zero-order chi connectivity index (χ0) is 6.41. The van der Waals surface area contributed by atoms with Gasteiger partial charge < -0.3 is 5.32 Å². The van der Waals surface area contributed by atoms with Crippen LogP contribution in [0, 0.1) is 0 Å². The van der Waals surface area contributed by atoms with E-state index in [1.165, 1.54) is 0 Å². The van der Waals surface area contributed by atoms with Gasteiger partial charge in [-0.25, -0.2) is 4.79 Å². The summed E-state index contributed by atoms with van der Waals surface area (Å²) in [5.41, 5.74) is 0. The Morgan fingerprint density at radius 1 is 1.88 bits per heavy atom. The molecule has 0 fully saturated rings. The lowest BCUT2D eigenvalue weighted by molar-refractivity contribution is -0.182. The molecule has 8 heavy (non-hydrogen) atoms. The number of carbonyl (C=O) groups is 2. The molecular formula is C3H4FNO3. The molecule has 0 aliphatic rings. The molecule has 0 radical (unpaired) electrons. The summed E-state index contributed by atoms with van der Waals surface area (Å²) in [6.45, 7) is -0.431. The Morgan fingerprint density at radius 3 is 2.88 bits per heavy atom. The third-order valence-electron chi connectivity index (χ3n) is 0.416. The molecule has 4 nitrogen and oxygen atoms in total. The van der Waals surface area contributed by atoms with Crippen molar-refractivity contribution in [3.05, 3.63) is 0 Å². The molecule has 0 saturated carbocycles. The van der Waals surface area contributed by atoms with E-state index < -0.39 is 12.5 Å². The minimum Gasteiger partial charge on any atom is -0.348 e. The summed E-state index contributed by atoms with van der Waals surface area (Å²) in [6, 6.07) is 0. The lowest BCUT2D eigenvalue weighted by atomic mass is 10.7. The van der Waals surface area contributed by atoms with E-state index in [-0.39, 0.29) is 6.41 Å². The summed E-state index contributed by atoms with van der Waals surface area (Å²) in [4.78, 5) is 21.8. The average molecular weight is 121 g/mol. The summed E-state index contributed by atoms with van der Waals surface area (Å²) in [5.74, 6) is -1.11. The van der Waals surface area contributed by atoms with Crippen LogP contribution in [0.5, 0.6) is 0 Å². The van der Waals surface area contributed by atoms with Crippen LogP contribution in [0.4, 0.5) is 4.53 Å². The summed E-state index contributed by atoms with van der Waals surface area (Å²) in [7, 11) is 0. The molecule has 0 heterocycles. The second-order valence-electron chi connectivity index (χ2n) is 0.948. The number of rotatable bonds is 3. The van der Waals surface area contributed by atoms with Crippen LogP contribution in [-0.2, 0) is 14.5 Å². The highest BCUT2D eigenvalue weighted by Crippen LogP contribution is 1.72. The standard InChI is InChI=1S/C3H4FNO3/c4-8-3(7)1-5-2-6/h2H,1H2,(H,5,6). The highest BCUT2D eigenvalue weighted by atomic mass is 19.3. The van der Waals surface area contributed by atoms with Crippen molar-refractivity contribution in [2.45, 2.75) is 0 Å². The Labute approximate surface area is 44.5 Å². The first-order valence-electron chi connectivity index (χ1n) is 1.79. The van der Waals surface area contributed by atoms with Gasteiger partial charge in [-0.2, -0.15) is 0 Å². The number of hydrogen-bond donors (Lipinski definition) is 1. The largest absolute Gasteiger partial charge is 0.367 e. The monoisotopic (exact) mass is 121 g/mol. The van der Waals surface area contributed by atoms with Crippen molar-refractivity contribution in [3.8, 4) is 0 Å². The normalized spacial score (nSPS) is 7.62. The van der Waals surface area contributed by atoms with Crippen molar-refractivity contribution in [1.82, 2.24) is 5.32 Å². The fraction of sp³-hybridized carbons (Fsp3) is 0.333. The molecule has 0 spiro atoms. The minimum absolute atomic E-state index is 0.275. The Bertz CT molecular complexity index is 94.5. The van der Waals surface area contributed by atoms with Crippen molar-refractivity contribution in [2.75, 3.05) is 6.54 Å². The molecule has 0 rings (SSSR count). The van der Waals surface area contributed by atoms with Gasteiger partial charge in [0.2, 0.25) is 6.41 Å². The molecule has 0 saturated heterocycles. The average Bonchev–Trinajstić information content (AvgIpc) is 1.83. The van der Waals surface area contributed by atoms with Crippen LogP contribution >= 0.6 is 0 Å². The summed E-state index contributed by atoms with van der Waals surface area (Å²) < 4.78 is 10.7. The van der Waals surface area contributed by atoms with Gasteiger partial charge in [0.15, 0.2) is 0 Å². The van der Waals surface area contributed by atoms with E-state index in [0.29, 0.717) is 0 Å². The summed E-state index contributed by atoms with van der Waals surface area (Å²) >= 11 is 0. The van der Waals surface area contributed by atoms with E-state index in [1.54, 1.807) is 0 Å². The van der Waals surface area contributed by atoms with E-state index in [0.717, 1.165) is 0 Å². The highest BCUT2D eigenvalue weighted by Gasteiger charge is 1.98. The van der Waals surface area contributed by atoms with Crippen LogP contribution in [0.15, 0.2) is 0 Å². The quantitative estimate of drug-likeness (QED) is 0.495. The number of carbonyl (C=O) groups excluding carboxylic acids is 2. The molecule has 0 aliphatic carbocycles. The molecule has 0 atom stereocenters. The molecule has 0 bridgehead atoms. The molecular weight excluding hydrogens is 117 g/mol. The smallest absolute Gasteiger partial charge is 0.348 e. The Hall–Kier alpha value is -1.13. The molecule has 0 aromatic carbocycles. The first-order valence-corrected chi connectivity index (χ1v) is 1.79. The van der Waals surface area contributed by atoms with Gasteiger partial charge in [0.05, 0.1) is 0 Å². The van der Waals surface area contributed by atoms with Crippen LogP contribution in [0.3, 0.4) is 0 Å². The first kappa shape index (κ1) is 6.87. The third kappa shape index (κ3) is 3.08. The van der Waals surface area contributed by atoms with Gasteiger partial charge in [-0.3, -0.25) is 9.74 Å². The maximum absolute atomic E-state index is 10.7. The Morgan fingerprint density at radius 2 is 2.50 bits per heavy atom. The fourth-order valence-electron chi connectivity index (χ4n) is 0.152. The number of halogens is 1. The summed E-state index contributed by atoms with van der Waals surface area (Å²) in [6.07, 6.45) is 0.275. The third-order valence-corrected chi connectivity index (χ3v) is 0.416. The number of nitrogens with one attached hydrogen (secondary N) is 1. The zero-order valence-electron chi connectivity index (χ0n) is 3.89. The van der Waals surface area contributed by atoms with Gasteiger partial charge in [-0.1, -0.05) is 0 Å². The van der Waals surface area contributed by atoms with E-state index in [2.05, 4.69) is 4.94 Å². The topological polar surface area (TPSA) is 55.4 Å². The molecule has 0 aromatic heterocycles. The number of amides is 1. The fourth-order valence-corrected chi connectivity index (χ4v) is 0.152. The van der Waals surface area contributed by atoms with Crippen molar-refractivity contribution in [2.24, 2.45) is 0 Å². The molecule has 0 aromatic rings. The van der Waals surface area contributed by atoms with Crippen LogP contribution in [0.2, 0.25) is 0 Å². The molecule has 5 heteroatoms. The second kappa shape index (κ2) is 4.04. The van der Waals surface area contributed by atoms with Gasteiger partial charge in [-0.05, 0) is 0 Å². The van der Waals surface area contributed by atoms with Crippen molar-refractivity contribution < 1.29 is 19.1 Å². The lowest BCUT2D eigenvalue weighted by Crippen LogP contribution is -2.21. The predicted octanol–water partition coefficient (Wildman–Crippen LogP) is -0.840. The minimum atomic E-state index is -1.11. The van der Waals surface area contributed by atoms with Gasteiger partial charge in [0, 0.05) is 4.53 Å². The molecule has 1 N–H and O–H groups in total. The molecule has 46 valence electrons. The van der Waals surface area contributed by atoms with Crippen LogP contribution < -0.4 is 5.32 Å². The molecule has 0 aliphatic heterocycles. The van der Waals surface area contributed by atoms with Gasteiger partial charge >= 0.3 is 5.97 Å². The van der Waals surface area contributed by atoms with Crippen molar-refractivity contribution in [1.29, 1.82) is 0 Å². The molecule has 1 amide bonds. The van der Waals surface area contributed by atoms with Gasteiger partial charge in [-0.15, -0.1) is 0 Å². The van der Waals surface area contributed by atoms with Gasteiger partial charge in [0.25, 0.3) is 0 Å². The van der Waals surface area contributed by atoms with Crippen LogP contribution in [0.25, 0.3) is 0 Å². The second-order valence-corrected chi connectivity index (χ2v) is 0.948. The SMILES string of the molecule is O=CNCC(=O)OF. The molecule has 0 unspecified atom stereocenters. The highest BCUT2D eigenvalue weighted by molar-refractivity contribution is 5.73. The first-order chi connectivity index (χ1) is 3.81. The number of hydrogen-bond acceptors (Lipinski definition) is 3. The summed E-state index contributed by atoms with van der Waals surface area (Å²) in [5, 5.41) is 1.90. The van der Waals surface area contributed by atoms with Gasteiger partial charge in [0.1, 0.15) is 6.54 Å². The maximum Gasteiger partial charge on any atom is 0.367 e. The Kier molecular flexibility index (Phi) is 3.47. The van der Waals surface area contributed by atoms with Crippen LogP contribution in [0.1, 0.15) is 0 Å². The van der Waals surface area contributed by atoms with E-state index in [1.807, 2.05) is 5.32 Å². The van der Waals surface area contributed by atoms with E-state index >= 15 is 0 Å².